The Labute approximate surface area is 113 Å². The first-order chi connectivity index (χ1) is 8.72. The average Bonchev–Trinajstić information content (AvgIpc) is 2.95. The Morgan fingerprint density at radius 1 is 1.33 bits per heavy atom. The summed E-state index contributed by atoms with van der Waals surface area (Å²) in [6.45, 7) is 2.14. The van der Waals surface area contributed by atoms with Crippen molar-refractivity contribution >= 4 is 43.7 Å². The fraction of sp³-hybridized carbons (Fsp3) is 0.154. The molecule has 0 aliphatic heterocycles. The molecule has 1 unspecified atom stereocenters. The summed E-state index contributed by atoms with van der Waals surface area (Å²) in [5.74, 6) is 0. The Balaban J connectivity index is 1.86. The number of benzene rings is 1. The number of hydrogen-bond donors (Lipinski definition) is 2. The van der Waals surface area contributed by atoms with Gasteiger partial charge in [0.2, 0.25) is 0 Å². The molecule has 18 heavy (non-hydrogen) atoms. The Bertz CT molecular complexity index is 658. The molecule has 2 aromatic heterocycles. The summed E-state index contributed by atoms with van der Waals surface area (Å²) in [6.07, 6.45) is 0. The molecule has 0 aliphatic carbocycles. The fourth-order valence-corrected chi connectivity index (χ4v) is 3.55. The third-order valence-electron chi connectivity index (χ3n) is 2.80. The van der Waals surface area contributed by atoms with E-state index in [1.807, 2.05) is 18.2 Å². The number of fused-ring (bicyclic) bond motifs is 1. The Morgan fingerprint density at radius 3 is 3.00 bits per heavy atom. The van der Waals surface area contributed by atoms with E-state index in [0.29, 0.717) is 0 Å². The molecule has 3 rings (SSSR count). The first-order valence-corrected chi connectivity index (χ1v) is 7.43. The molecule has 0 amide bonds. The predicted molar refractivity (Wildman–Crippen MR) is 80.4 cm³/mol. The van der Waals surface area contributed by atoms with Crippen molar-refractivity contribution in [2.24, 2.45) is 0 Å². The normalized spacial score (nSPS) is 12.7. The maximum atomic E-state index is 5.77. The van der Waals surface area contributed by atoms with Crippen LogP contribution in [0.25, 0.3) is 10.2 Å². The lowest BCUT2D eigenvalue weighted by molar-refractivity contribution is 0.888. The van der Waals surface area contributed by atoms with Crippen LogP contribution in [0.3, 0.4) is 0 Å². The average molecular weight is 275 g/mol. The number of nitrogen functional groups attached to an aromatic ring is 1. The van der Waals surface area contributed by atoms with Gasteiger partial charge in [-0.05, 0) is 47.5 Å². The van der Waals surface area contributed by atoms with E-state index in [0.717, 1.165) is 21.0 Å². The quantitative estimate of drug-likeness (QED) is 0.707. The minimum absolute atomic E-state index is 0.272. The van der Waals surface area contributed by atoms with Gasteiger partial charge >= 0.3 is 0 Å². The molecule has 5 heteroatoms. The van der Waals surface area contributed by atoms with Gasteiger partial charge in [0.05, 0.1) is 16.3 Å². The molecule has 0 spiro atoms. The van der Waals surface area contributed by atoms with Gasteiger partial charge in [0, 0.05) is 5.69 Å². The van der Waals surface area contributed by atoms with E-state index in [-0.39, 0.29) is 6.04 Å². The monoisotopic (exact) mass is 275 g/mol. The topological polar surface area (TPSA) is 50.9 Å². The van der Waals surface area contributed by atoms with Crippen LogP contribution in [0.4, 0.5) is 10.8 Å². The van der Waals surface area contributed by atoms with E-state index in [2.05, 4.69) is 34.1 Å². The van der Waals surface area contributed by atoms with Crippen LogP contribution in [0.15, 0.2) is 35.0 Å². The van der Waals surface area contributed by atoms with Gasteiger partial charge in [-0.25, -0.2) is 4.98 Å². The summed E-state index contributed by atoms with van der Waals surface area (Å²) in [7, 11) is 0. The van der Waals surface area contributed by atoms with Gasteiger partial charge in [-0.2, -0.15) is 11.3 Å². The van der Waals surface area contributed by atoms with Gasteiger partial charge in [0.25, 0.3) is 0 Å². The van der Waals surface area contributed by atoms with E-state index in [1.54, 1.807) is 22.7 Å². The van der Waals surface area contributed by atoms with E-state index >= 15 is 0 Å². The van der Waals surface area contributed by atoms with E-state index < -0.39 is 0 Å². The van der Waals surface area contributed by atoms with Crippen LogP contribution >= 0.6 is 22.7 Å². The first kappa shape index (κ1) is 11.5. The molecule has 1 aromatic carbocycles. The van der Waals surface area contributed by atoms with Crippen LogP contribution in [0.5, 0.6) is 0 Å². The third kappa shape index (κ3) is 2.19. The standard InChI is InChI=1S/C13H13N3S2/c1-8(9-4-5-17-7-9)15-13-16-11-3-2-10(14)6-12(11)18-13/h2-8H,14H2,1H3,(H,15,16). The lowest BCUT2D eigenvalue weighted by Gasteiger charge is -2.10. The number of nitrogens with one attached hydrogen (secondary N) is 1. The molecule has 2 heterocycles. The van der Waals surface area contributed by atoms with Crippen LogP contribution < -0.4 is 11.1 Å². The molecular weight excluding hydrogens is 262 g/mol. The second-order valence-electron chi connectivity index (χ2n) is 4.17. The molecule has 1 atom stereocenters. The van der Waals surface area contributed by atoms with Crippen LogP contribution in [-0.2, 0) is 0 Å². The Morgan fingerprint density at radius 2 is 2.22 bits per heavy atom. The van der Waals surface area contributed by atoms with Crippen LogP contribution in [0, 0.1) is 0 Å². The van der Waals surface area contributed by atoms with E-state index in [9.17, 15) is 0 Å². The highest BCUT2D eigenvalue weighted by Gasteiger charge is 2.09. The first-order valence-electron chi connectivity index (χ1n) is 5.67. The van der Waals surface area contributed by atoms with Gasteiger partial charge < -0.3 is 11.1 Å². The predicted octanol–water partition coefficient (Wildman–Crippen LogP) is 4.11. The largest absolute Gasteiger partial charge is 0.399 e. The smallest absolute Gasteiger partial charge is 0.184 e. The lowest BCUT2D eigenvalue weighted by Crippen LogP contribution is -2.04. The maximum absolute atomic E-state index is 5.77. The van der Waals surface area contributed by atoms with Crippen molar-refractivity contribution < 1.29 is 0 Å². The maximum Gasteiger partial charge on any atom is 0.184 e. The van der Waals surface area contributed by atoms with Gasteiger partial charge in [-0.3, -0.25) is 0 Å². The highest BCUT2D eigenvalue weighted by atomic mass is 32.1. The highest BCUT2D eigenvalue weighted by molar-refractivity contribution is 7.22. The number of thiazole rings is 1. The number of thiophene rings is 1. The Kier molecular flexibility index (Phi) is 2.93. The number of anilines is 2. The number of rotatable bonds is 3. The van der Waals surface area contributed by atoms with Crippen LogP contribution in [0.2, 0.25) is 0 Å². The summed E-state index contributed by atoms with van der Waals surface area (Å²) in [5, 5.41) is 8.61. The molecule has 0 aliphatic rings. The second-order valence-corrected chi connectivity index (χ2v) is 5.98. The van der Waals surface area contributed by atoms with Crippen molar-refractivity contribution in [2.45, 2.75) is 13.0 Å². The SMILES string of the molecule is CC(Nc1nc2ccc(N)cc2s1)c1ccsc1. The number of hydrogen-bond acceptors (Lipinski definition) is 5. The number of aromatic nitrogens is 1. The van der Waals surface area contributed by atoms with Crippen LogP contribution in [0.1, 0.15) is 18.5 Å². The third-order valence-corrected chi connectivity index (χ3v) is 4.45. The summed E-state index contributed by atoms with van der Waals surface area (Å²) >= 11 is 3.35. The molecule has 3 aromatic rings. The van der Waals surface area contributed by atoms with Crippen molar-refractivity contribution in [1.29, 1.82) is 0 Å². The molecule has 0 saturated carbocycles. The van der Waals surface area contributed by atoms with Crippen molar-refractivity contribution in [3.8, 4) is 0 Å². The zero-order valence-corrected chi connectivity index (χ0v) is 11.5. The molecule has 3 N–H and O–H groups in total. The summed E-state index contributed by atoms with van der Waals surface area (Å²) in [4.78, 5) is 4.56. The summed E-state index contributed by atoms with van der Waals surface area (Å²) in [6, 6.07) is 8.21. The minimum atomic E-state index is 0.272. The molecule has 0 saturated heterocycles. The van der Waals surface area contributed by atoms with Crippen molar-refractivity contribution in [2.75, 3.05) is 11.1 Å². The molecule has 0 fully saturated rings. The van der Waals surface area contributed by atoms with Crippen LogP contribution in [-0.4, -0.2) is 4.98 Å². The van der Waals surface area contributed by atoms with Crippen molar-refractivity contribution in [3.05, 3.63) is 40.6 Å². The lowest BCUT2D eigenvalue weighted by atomic mass is 10.2. The molecular formula is C13H13N3S2. The van der Waals surface area contributed by atoms with E-state index in [4.69, 9.17) is 5.73 Å². The van der Waals surface area contributed by atoms with Gasteiger partial charge in [0.1, 0.15) is 0 Å². The molecule has 3 nitrogen and oxygen atoms in total. The summed E-state index contributed by atoms with van der Waals surface area (Å²) < 4.78 is 1.12. The van der Waals surface area contributed by atoms with Gasteiger partial charge in [0.15, 0.2) is 5.13 Å². The fourth-order valence-electron chi connectivity index (χ4n) is 1.79. The summed E-state index contributed by atoms with van der Waals surface area (Å²) in [5.41, 5.74) is 8.84. The highest BCUT2D eigenvalue weighted by Crippen LogP contribution is 2.30. The minimum Gasteiger partial charge on any atom is -0.399 e. The van der Waals surface area contributed by atoms with Gasteiger partial charge in [-0.1, -0.05) is 11.3 Å². The van der Waals surface area contributed by atoms with Crippen molar-refractivity contribution in [1.82, 2.24) is 4.98 Å². The van der Waals surface area contributed by atoms with Gasteiger partial charge in [-0.15, -0.1) is 0 Å². The van der Waals surface area contributed by atoms with Crippen molar-refractivity contribution in [3.63, 3.8) is 0 Å². The zero-order valence-electron chi connectivity index (χ0n) is 9.88. The number of nitrogens with zero attached hydrogens (tertiary/aromatic N) is 1. The molecule has 0 bridgehead atoms. The Hall–Kier alpha value is -1.59. The second kappa shape index (κ2) is 4.59. The molecule has 0 radical (unpaired) electrons. The molecule has 92 valence electrons. The number of nitrogens with two attached hydrogens (primary N) is 1. The van der Waals surface area contributed by atoms with E-state index in [1.165, 1.54) is 5.56 Å². The zero-order chi connectivity index (χ0) is 12.5.